The maximum Gasteiger partial charge on any atom is 0.311 e. The van der Waals surface area contributed by atoms with Crippen molar-refractivity contribution >= 4 is 5.97 Å². The standard InChI is InChI=1S/C14H16F2O2/c15-10-6-7-12(16)11(8-10)13(14(17)18)9-4-2-1-3-5-9/h6-9,13H,1-5H2,(H,17,18). The summed E-state index contributed by atoms with van der Waals surface area (Å²) in [7, 11) is 0. The van der Waals surface area contributed by atoms with E-state index < -0.39 is 23.5 Å². The highest BCUT2D eigenvalue weighted by Gasteiger charge is 2.32. The van der Waals surface area contributed by atoms with Crippen molar-refractivity contribution in [3.05, 3.63) is 35.4 Å². The minimum absolute atomic E-state index is 0.0191. The van der Waals surface area contributed by atoms with Gasteiger partial charge in [0.15, 0.2) is 0 Å². The second-order valence-electron chi connectivity index (χ2n) is 4.88. The molecule has 18 heavy (non-hydrogen) atoms. The Balaban J connectivity index is 2.34. The van der Waals surface area contributed by atoms with Crippen molar-refractivity contribution in [2.45, 2.75) is 38.0 Å². The molecule has 1 unspecified atom stereocenters. The fraction of sp³-hybridized carbons (Fsp3) is 0.500. The smallest absolute Gasteiger partial charge is 0.311 e. The SMILES string of the molecule is O=C(O)C(c1cc(F)ccc1F)C1CCCCC1. The van der Waals surface area contributed by atoms with Gasteiger partial charge in [0.25, 0.3) is 0 Å². The number of aliphatic carboxylic acids is 1. The Kier molecular flexibility index (Phi) is 3.94. The molecule has 0 heterocycles. The Morgan fingerprint density at radius 2 is 1.89 bits per heavy atom. The highest BCUT2D eigenvalue weighted by Crippen LogP contribution is 2.37. The average Bonchev–Trinajstić information content (AvgIpc) is 2.35. The largest absolute Gasteiger partial charge is 0.481 e. The zero-order chi connectivity index (χ0) is 13.1. The number of carboxylic acid groups (broad SMARTS) is 1. The molecular formula is C14H16F2O2. The molecule has 0 aliphatic heterocycles. The van der Waals surface area contributed by atoms with E-state index in [1.807, 2.05) is 0 Å². The van der Waals surface area contributed by atoms with Gasteiger partial charge in [-0.3, -0.25) is 4.79 Å². The molecule has 1 aliphatic carbocycles. The van der Waals surface area contributed by atoms with E-state index in [1.165, 1.54) is 0 Å². The van der Waals surface area contributed by atoms with Crippen molar-refractivity contribution in [2.24, 2.45) is 5.92 Å². The molecule has 1 N–H and O–H groups in total. The molecule has 1 aromatic carbocycles. The van der Waals surface area contributed by atoms with Gasteiger partial charge < -0.3 is 5.11 Å². The Labute approximate surface area is 105 Å². The van der Waals surface area contributed by atoms with Crippen LogP contribution in [-0.2, 0) is 4.79 Å². The van der Waals surface area contributed by atoms with E-state index in [0.29, 0.717) is 0 Å². The maximum absolute atomic E-state index is 13.7. The van der Waals surface area contributed by atoms with Gasteiger partial charge in [0.2, 0.25) is 0 Å². The van der Waals surface area contributed by atoms with Crippen LogP contribution in [0.25, 0.3) is 0 Å². The molecule has 1 saturated carbocycles. The van der Waals surface area contributed by atoms with Crippen LogP contribution in [0.3, 0.4) is 0 Å². The monoisotopic (exact) mass is 254 g/mol. The lowest BCUT2D eigenvalue weighted by atomic mass is 9.76. The first-order chi connectivity index (χ1) is 8.59. The molecule has 1 aromatic rings. The van der Waals surface area contributed by atoms with E-state index in [0.717, 1.165) is 50.3 Å². The quantitative estimate of drug-likeness (QED) is 0.892. The number of carbonyl (C=O) groups is 1. The molecule has 98 valence electrons. The van der Waals surface area contributed by atoms with Crippen LogP contribution in [0.4, 0.5) is 8.78 Å². The first-order valence-corrected chi connectivity index (χ1v) is 6.27. The summed E-state index contributed by atoms with van der Waals surface area (Å²) in [6.07, 6.45) is 4.56. The Bertz CT molecular complexity index is 439. The van der Waals surface area contributed by atoms with Gasteiger partial charge >= 0.3 is 5.97 Å². The molecule has 2 rings (SSSR count). The van der Waals surface area contributed by atoms with E-state index in [1.54, 1.807) is 0 Å². The van der Waals surface area contributed by atoms with Gasteiger partial charge in [-0.05, 0) is 37.0 Å². The molecule has 0 radical (unpaired) electrons. The van der Waals surface area contributed by atoms with E-state index >= 15 is 0 Å². The molecule has 0 aromatic heterocycles. The number of halogens is 2. The van der Waals surface area contributed by atoms with E-state index in [2.05, 4.69) is 0 Å². The van der Waals surface area contributed by atoms with E-state index in [9.17, 15) is 18.7 Å². The third-order valence-electron chi connectivity index (χ3n) is 3.68. The summed E-state index contributed by atoms with van der Waals surface area (Å²) in [5, 5.41) is 9.31. The van der Waals surface area contributed by atoms with Crippen molar-refractivity contribution in [1.29, 1.82) is 0 Å². The Morgan fingerprint density at radius 3 is 2.50 bits per heavy atom. The molecule has 0 spiro atoms. The zero-order valence-electron chi connectivity index (χ0n) is 10.0. The lowest BCUT2D eigenvalue weighted by Crippen LogP contribution is -2.24. The Morgan fingerprint density at radius 1 is 1.22 bits per heavy atom. The van der Waals surface area contributed by atoms with E-state index in [4.69, 9.17) is 0 Å². The zero-order valence-corrected chi connectivity index (χ0v) is 10.0. The minimum atomic E-state index is -1.06. The fourth-order valence-electron chi connectivity index (χ4n) is 2.81. The lowest BCUT2D eigenvalue weighted by molar-refractivity contribution is -0.140. The second-order valence-corrected chi connectivity index (χ2v) is 4.88. The first kappa shape index (κ1) is 13.0. The predicted octanol–water partition coefficient (Wildman–Crippen LogP) is 3.71. The van der Waals surface area contributed by atoms with E-state index in [-0.39, 0.29) is 11.5 Å². The number of carboxylic acids is 1. The highest BCUT2D eigenvalue weighted by molar-refractivity contribution is 5.76. The molecule has 0 amide bonds. The van der Waals surface area contributed by atoms with Crippen LogP contribution >= 0.6 is 0 Å². The van der Waals surface area contributed by atoms with Gasteiger partial charge in [0, 0.05) is 5.56 Å². The summed E-state index contributed by atoms with van der Waals surface area (Å²) < 4.78 is 26.9. The van der Waals surface area contributed by atoms with Crippen molar-refractivity contribution in [1.82, 2.24) is 0 Å². The number of benzene rings is 1. The van der Waals surface area contributed by atoms with Crippen molar-refractivity contribution in [3.8, 4) is 0 Å². The number of hydrogen-bond acceptors (Lipinski definition) is 1. The molecule has 0 saturated heterocycles. The topological polar surface area (TPSA) is 37.3 Å². The van der Waals surface area contributed by atoms with Crippen LogP contribution < -0.4 is 0 Å². The van der Waals surface area contributed by atoms with Gasteiger partial charge in [-0.25, -0.2) is 8.78 Å². The lowest BCUT2D eigenvalue weighted by Gasteiger charge is -2.27. The number of hydrogen-bond donors (Lipinski definition) is 1. The van der Waals surface area contributed by atoms with Gasteiger partial charge in [-0.1, -0.05) is 19.3 Å². The minimum Gasteiger partial charge on any atom is -0.481 e. The summed E-state index contributed by atoms with van der Waals surface area (Å²) in [5.74, 6) is -3.30. The van der Waals surface area contributed by atoms with Gasteiger partial charge in [-0.2, -0.15) is 0 Å². The second kappa shape index (κ2) is 5.46. The van der Waals surface area contributed by atoms with Crippen molar-refractivity contribution in [2.75, 3.05) is 0 Å². The summed E-state index contributed by atoms with van der Waals surface area (Å²) in [5.41, 5.74) is -0.0191. The highest BCUT2D eigenvalue weighted by atomic mass is 19.1. The number of rotatable bonds is 3. The molecule has 2 nitrogen and oxygen atoms in total. The third kappa shape index (κ3) is 2.68. The molecule has 0 bridgehead atoms. The molecule has 1 aliphatic rings. The molecule has 1 atom stereocenters. The van der Waals surface area contributed by atoms with Gasteiger partial charge in [0.05, 0.1) is 5.92 Å². The van der Waals surface area contributed by atoms with Crippen LogP contribution in [0.15, 0.2) is 18.2 Å². The fourth-order valence-corrected chi connectivity index (χ4v) is 2.81. The first-order valence-electron chi connectivity index (χ1n) is 6.27. The maximum atomic E-state index is 13.7. The predicted molar refractivity (Wildman–Crippen MR) is 63.3 cm³/mol. The van der Waals surface area contributed by atoms with Crippen LogP contribution in [-0.4, -0.2) is 11.1 Å². The Hall–Kier alpha value is -1.45. The molecule has 1 fully saturated rings. The molecular weight excluding hydrogens is 238 g/mol. The summed E-state index contributed by atoms with van der Waals surface area (Å²) in [6.45, 7) is 0. The van der Waals surface area contributed by atoms with Crippen LogP contribution in [0.2, 0.25) is 0 Å². The third-order valence-corrected chi connectivity index (χ3v) is 3.68. The van der Waals surface area contributed by atoms with Crippen LogP contribution in [0.1, 0.15) is 43.6 Å². The molecule has 4 heteroatoms. The average molecular weight is 254 g/mol. The summed E-state index contributed by atoms with van der Waals surface area (Å²) in [6, 6.07) is 3.03. The normalized spacial score (nSPS) is 18.6. The van der Waals surface area contributed by atoms with Gasteiger partial charge in [0.1, 0.15) is 11.6 Å². The van der Waals surface area contributed by atoms with Crippen LogP contribution in [0, 0.1) is 17.6 Å². The van der Waals surface area contributed by atoms with Gasteiger partial charge in [-0.15, -0.1) is 0 Å². The van der Waals surface area contributed by atoms with Crippen molar-refractivity contribution < 1.29 is 18.7 Å². The van der Waals surface area contributed by atoms with Crippen LogP contribution in [0.5, 0.6) is 0 Å². The summed E-state index contributed by atoms with van der Waals surface area (Å²) in [4.78, 5) is 11.4. The summed E-state index contributed by atoms with van der Waals surface area (Å²) >= 11 is 0. The van der Waals surface area contributed by atoms with Crippen molar-refractivity contribution in [3.63, 3.8) is 0 Å².